The van der Waals surface area contributed by atoms with Gasteiger partial charge in [-0.1, -0.05) is 45.0 Å². The molecule has 0 aliphatic carbocycles. The average Bonchev–Trinajstić information content (AvgIpc) is 3.79. The standard InChI is InChI=1S/C44H72FN7O9/c1-13-33(50(10)11)35(53)39(58-15-3)60-38-28(5)37(54)43(8,45)40(55)59-34(14-2)44(9)36(29(6)47-25-27(4)24-42(38,7)57-12)52(41(56)61-44)22-17-16-21-51-26-32(48-49-51)30-19-18-20-31(46)23-30/h18-20,23,26-29,33-36,38-39,47,53H,13-17,21-22,24-25,46H2,1-12H3/t27-,28-,29-,33?,34-,35?,36-,38-,39+,42-,43?,44-/m1/s1. The van der Waals surface area contributed by atoms with Crippen LogP contribution in [0, 0.1) is 11.8 Å². The second kappa shape index (κ2) is 21.1. The Bertz CT molecular complexity index is 1760. The Kier molecular flexibility index (Phi) is 17.3. The number of amides is 1. The number of ether oxygens (including phenoxy) is 5. The summed E-state index contributed by atoms with van der Waals surface area (Å²) in [5.74, 6) is -3.90. The number of fused-ring (bicyclic) bond motifs is 1. The van der Waals surface area contributed by atoms with E-state index in [9.17, 15) is 19.5 Å². The first kappa shape index (κ1) is 49.9. The molecule has 12 atom stereocenters. The number of aliphatic hydroxyl groups is 1. The maximum Gasteiger partial charge on any atom is 0.410 e. The van der Waals surface area contributed by atoms with Crippen molar-refractivity contribution in [1.82, 2.24) is 30.1 Å². The number of nitrogen functional groups attached to an aromatic ring is 1. The monoisotopic (exact) mass is 862 g/mol. The van der Waals surface area contributed by atoms with E-state index in [1.807, 2.05) is 64.2 Å². The lowest BCUT2D eigenvalue weighted by atomic mass is 9.78. The fraction of sp³-hybridized carbons (Fsp3) is 0.750. The first-order valence-corrected chi connectivity index (χ1v) is 21.8. The van der Waals surface area contributed by atoms with E-state index < -0.39 is 77.3 Å². The zero-order valence-corrected chi connectivity index (χ0v) is 38.4. The summed E-state index contributed by atoms with van der Waals surface area (Å²) < 4.78 is 49.5. The molecular weight excluding hydrogens is 790 g/mol. The fourth-order valence-electron chi connectivity index (χ4n) is 9.28. The first-order chi connectivity index (χ1) is 28.7. The molecule has 4 rings (SSSR count). The van der Waals surface area contributed by atoms with Crippen molar-refractivity contribution < 1.29 is 47.6 Å². The number of carbonyl (C=O) groups excluding carboxylic acids is 3. The molecular formula is C44H72FN7O9. The minimum Gasteiger partial charge on any atom is -0.455 e. The molecule has 2 fully saturated rings. The summed E-state index contributed by atoms with van der Waals surface area (Å²) >= 11 is 0. The van der Waals surface area contributed by atoms with E-state index in [1.165, 1.54) is 14.0 Å². The van der Waals surface area contributed by atoms with E-state index in [1.54, 1.807) is 43.3 Å². The number of hydrogen-bond donors (Lipinski definition) is 3. The summed E-state index contributed by atoms with van der Waals surface area (Å²) in [7, 11) is 5.17. The van der Waals surface area contributed by atoms with Crippen molar-refractivity contribution in [3.8, 4) is 11.3 Å². The Morgan fingerprint density at radius 1 is 1.10 bits per heavy atom. The van der Waals surface area contributed by atoms with Crippen LogP contribution in [0.3, 0.4) is 0 Å². The van der Waals surface area contributed by atoms with Crippen LogP contribution in [-0.2, 0) is 39.8 Å². The summed E-state index contributed by atoms with van der Waals surface area (Å²) in [5.41, 5.74) is 2.34. The molecule has 61 heavy (non-hydrogen) atoms. The van der Waals surface area contributed by atoms with Gasteiger partial charge in [0, 0.05) is 56.1 Å². The van der Waals surface area contributed by atoms with Gasteiger partial charge in [0.2, 0.25) is 0 Å². The highest BCUT2D eigenvalue weighted by atomic mass is 19.1. The number of esters is 1. The van der Waals surface area contributed by atoms with Crippen LogP contribution in [0.4, 0.5) is 14.9 Å². The van der Waals surface area contributed by atoms with Gasteiger partial charge < -0.3 is 44.7 Å². The van der Waals surface area contributed by atoms with Crippen LogP contribution in [0.25, 0.3) is 11.3 Å². The van der Waals surface area contributed by atoms with Crippen LogP contribution in [0.2, 0.25) is 0 Å². The molecule has 2 aliphatic rings. The highest BCUT2D eigenvalue weighted by Crippen LogP contribution is 2.40. The number of nitrogens with zero attached hydrogens (tertiary/aromatic N) is 5. The van der Waals surface area contributed by atoms with Crippen molar-refractivity contribution in [2.24, 2.45) is 11.8 Å². The van der Waals surface area contributed by atoms with Gasteiger partial charge in [-0.05, 0) is 105 Å². The van der Waals surface area contributed by atoms with Gasteiger partial charge in [0.25, 0.3) is 5.67 Å². The van der Waals surface area contributed by atoms with Crippen molar-refractivity contribution in [1.29, 1.82) is 0 Å². The second-order valence-electron chi connectivity index (χ2n) is 17.7. The van der Waals surface area contributed by atoms with Crippen LogP contribution in [0.5, 0.6) is 0 Å². The lowest BCUT2D eigenvalue weighted by Crippen LogP contribution is -2.61. The number of unbranched alkanes of at least 4 members (excludes halogenated alkanes) is 1. The van der Waals surface area contributed by atoms with Crippen molar-refractivity contribution >= 4 is 23.5 Å². The number of cyclic esters (lactones) is 1. The van der Waals surface area contributed by atoms with Crippen LogP contribution in [0.15, 0.2) is 30.5 Å². The van der Waals surface area contributed by atoms with Crippen molar-refractivity contribution in [3.05, 3.63) is 30.5 Å². The molecule has 16 nitrogen and oxygen atoms in total. The van der Waals surface area contributed by atoms with E-state index in [0.717, 1.165) is 12.5 Å². The third-order valence-electron chi connectivity index (χ3n) is 12.6. The maximum atomic E-state index is 17.0. The maximum absolute atomic E-state index is 17.0. The molecule has 1 aromatic heterocycles. The second-order valence-corrected chi connectivity index (χ2v) is 17.7. The van der Waals surface area contributed by atoms with Crippen LogP contribution in [-0.4, -0.2) is 148 Å². The molecule has 344 valence electrons. The predicted molar refractivity (Wildman–Crippen MR) is 229 cm³/mol. The van der Waals surface area contributed by atoms with E-state index >= 15 is 4.39 Å². The van der Waals surface area contributed by atoms with Gasteiger partial charge in [0.1, 0.15) is 17.9 Å². The number of hydrogen-bond acceptors (Lipinski definition) is 14. The number of methoxy groups -OCH3 is 1. The average molecular weight is 862 g/mol. The largest absolute Gasteiger partial charge is 0.455 e. The quantitative estimate of drug-likeness (QED) is 0.0671. The lowest BCUT2D eigenvalue weighted by Gasteiger charge is -2.44. The zero-order chi connectivity index (χ0) is 45.4. The van der Waals surface area contributed by atoms with E-state index in [2.05, 4.69) is 15.6 Å². The van der Waals surface area contributed by atoms with Gasteiger partial charge in [-0.25, -0.2) is 14.0 Å². The van der Waals surface area contributed by atoms with Gasteiger partial charge in [-0.2, -0.15) is 0 Å². The smallest absolute Gasteiger partial charge is 0.410 e. The summed E-state index contributed by atoms with van der Waals surface area (Å²) in [5, 5.41) is 23.8. The number of anilines is 1. The Balaban J connectivity index is 1.64. The zero-order valence-electron chi connectivity index (χ0n) is 38.4. The number of nitrogens with two attached hydrogens (primary N) is 1. The number of rotatable bonds is 16. The molecule has 0 bridgehead atoms. The van der Waals surface area contributed by atoms with Gasteiger partial charge >= 0.3 is 12.1 Å². The molecule has 2 aromatic rings. The molecule has 3 unspecified atom stereocenters. The highest BCUT2D eigenvalue weighted by molar-refractivity contribution is 6.07. The topological polar surface area (TPSA) is 193 Å². The Labute approximate surface area is 361 Å². The third kappa shape index (κ3) is 11.3. The SMILES string of the molecule is CCO[C@@H](O[C@@H]1[C@H](C)C(=O)C(C)(F)C(=O)O[C@H](CC)[C@@]2(C)OC(=O)N(CCCCn3cc(-c4cccc(N)c4)nn3)[C@@H]2[C@@H](C)NC[C@H](C)C[C@@]1(C)OC)C(O)C(CC)N(C)C. The Hall–Kier alpha value is -3.74. The molecule has 1 aromatic carbocycles. The van der Waals surface area contributed by atoms with Crippen LogP contribution in [0.1, 0.15) is 94.4 Å². The number of Topliss-reactive ketones (excluding diaryl/α,β-unsaturated/α-hetero) is 1. The summed E-state index contributed by atoms with van der Waals surface area (Å²) in [6.07, 6.45) is -1.09. The van der Waals surface area contributed by atoms with Crippen molar-refractivity contribution in [2.75, 3.05) is 46.6 Å². The molecule has 1 amide bonds. The molecule has 2 aliphatic heterocycles. The molecule has 0 saturated carbocycles. The van der Waals surface area contributed by atoms with Crippen molar-refractivity contribution in [2.45, 2.75) is 161 Å². The first-order valence-electron chi connectivity index (χ1n) is 21.8. The van der Waals surface area contributed by atoms with Gasteiger partial charge in [-0.3, -0.25) is 14.4 Å². The molecule has 2 saturated heterocycles. The summed E-state index contributed by atoms with van der Waals surface area (Å²) in [4.78, 5) is 45.7. The van der Waals surface area contributed by atoms with Crippen LogP contribution >= 0.6 is 0 Å². The van der Waals surface area contributed by atoms with Crippen molar-refractivity contribution in [3.63, 3.8) is 0 Å². The van der Waals surface area contributed by atoms with Crippen LogP contribution < -0.4 is 11.1 Å². The normalized spacial score (nSPS) is 32.1. The molecule has 4 N–H and O–H groups in total. The number of likely N-dealkylation sites (N-methyl/N-ethyl adjacent to an activating group) is 1. The number of aryl methyl sites for hydroxylation is 1. The highest BCUT2D eigenvalue weighted by Gasteiger charge is 2.60. The number of aliphatic hydroxyl groups excluding tert-OH is 1. The van der Waals surface area contributed by atoms with Gasteiger partial charge in [-0.15, -0.1) is 5.10 Å². The summed E-state index contributed by atoms with van der Waals surface area (Å²) in [6.45, 7) is 16.8. The number of halogens is 1. The number of alkyl halides is 1. The molecule has 17 heteroatoms. The van der Waals surface area contributed by atoms with Gasteiger partial charge in [0.05, 0.1) is 23.9 Å². The van der Waals surface area contributed by atoms with Gasteiger partial charge in [0.15, 0.2) is 17.7 Å². The van der Waals surface area contributed by atoms with E-state index in [-0.39, 0.29) is 25.0 Å². The molecule has 0 radical (unpaired) electrons. The fourth-order valence-corrected chi connectivity index (χ4v) is 9.28. The van der Waals surface area contributed by atoms with E-state index in [4.69, 9.17) is 29.4 Å². The number of ketones is 1. The lowest BCUT2D eigenvalue weighted by molar-refractivity contribution is -0.266. The number of benzene rings is 1. The Morgan fingerprint density at radius 2 is 1.79 bits per heavy atom. The Morgan fingerprint density at radius 3 is 2.39 bits per heavy atom. The molecule has 3 heterocycles. The third-order valence-corrected chi connectivity index (χ3v) is 12.6. The predicted octanol–water partition coefficient (Wildman–Crippen LogP) is 5.01. The minimum absolute atomic E-state index is 0.124. The number of carbonyl (C=O) groups is 3. The summed E-state index contributed by atoms with van der Waals surface area (Å²) in [6, 6.07) is 5.99. The number of aromatic nitrogens is 3. The minimum atomic E-state index is -3.14. The molecule has 0 spiro atoms. The van der Waals surface area contributed by atoms with E-state index in [0.29, 0.717) is 56.7 Å². The number of nitrogens with one attached hydrogen (secondary N) is 1.